The minimum Gasteiger partial charge on any atom is -0.251 e. The number of hydrogen-bond acceptors (Lipinski definition) is 2. The predicted molar refractivity (Wildman–Crippen MR) is 175 cm³/mol. The van der Waals surface area contributed by atoms with E-state index >= 15 is 0 Å². The summed E-state index contributed by atoms with van der Waals surface area (Å²) in [7, 11) is 0. The van der Waals surface area contributed by atoms with Crippen molar-refractivity contribution >= 4 is 22.8 Å². The molecular formula is C37H56N2Ni. The fourth-order valence-corrected chi connectivity index (χ4v) is 4.91. The van der Waals surface area contributed by atoms with Crippen LogP contribution in [0.1, 0.15) is 136 Å². The molecule has 2 aromatic carbocycles. The van der Waals surface area contributed by atoms with Gasteiger partial charge in [-0.1, -0.05) is 153 Å². The molecule has 0 radical (unpaired) electrons. The zero-order valence-corrected chi connectivity index (χ0v) is 26.6. The van der Waals surface area contributed by atoms with Crippen molar-refractivity contribution in [2.45, 2.75) is 136 Å². The largest absolute Gasteiger partial charge is 0.251 e. The second kappa shape index (κ2) is 25.9. The second-order valence-corrected chi connectivity index (χ2v) is 11.0. The van der Waals surface area contributed by atoms with Gasteiger partial charge in [-0.05, 0) is 56.0 Å². The Morgan fingerprint density at radius 1 is 0.525 bits per heavy atom. The van der Waals surface area contributed by atoms with Gasteiger partial charge in [-0.25, -0.2) is 4.99 Å². The number of allylic oxidation sites excluding steroid dienone is 2. The Balaban J connectivity index is 0.00000800. The van der Waals surface area contributed by atoms with Gasteiger partial charge in [0, 0.05) is 16.5 Å². The molecule has 0 fully saturated rings. The Labute approximate surface area is 257 Å². The third kappa shape index (κ3) is 18.4. The summed E-state index contributed by atoms with van der Waals surface area (Å²) in [6.45, 7) is 4.53. The van der Waals surface area contributed by atoms with Gasteiger partial charge in [-0.3, -0.25) is 4.99 Å². The zero-order chi connectivity index (χ0) is 27.6. The number of para-hydroxylation sites is 2. The van der Waals surface area contributed by atoms with Gasteiger partial charge in [0.1, 0.15) is 0 Å². The molecule has 0 amide bonds. The number of aliphatic imine (C=N–C) groups is 2. The molecule has 40 heavy (non-hydrogen) atoms. The minimum atomic E-state index is 0. The fourth-order valence-electron chi connectivity index (χ4n) is 4.91. The molecule has 0 saturated carbocycles. The number of benzene rings is 2. The van der Waals surface area contributed by atoms with Gasteiger partial charge in [0.05, 0.1) is 22.8 Å². The quantitative estimate of drug-likeness (QED) is 0.0702. The van der Waals surface area contributed by atoms with E-state index in [1.807, 2.05) is 12.1 Å². The van der Waals surface area contributed by atoms with E-state index < -0.39 is 0 Å². The van der Waals surface area contributed by atoms with Crippen LogP contribution in [0.2, 0.25) is 0 Å². The van der Waals surface area contributed by atoms with E-state index in [0.717, 1.165) is 48.5 Å². The van der Waals surface area contributed by atoms with Crippen LogP contribution in [0.3, 0.4) is 0 Å². The smallest absolute Gasteiger partial charge is 0.0848 e. The van der Waals surface area contributed by atoms with Gasteiger partial charge < -0.3 is 0 Å². The molecule has 0 aliphatic heterocycles. The molecular weight excluding hydrogens is 531 g/mol. The molecule has 0 N–H and O–H groups in total. The monoisotopic (exact) mass is 586 g/mol. The van der Waals surface area contributed by atoms with E-state index in [4.69, 9.17) is 9.98 Å². The molecule has 3 heteroatoms. The Kier molecular flexibility index (Phi) is 23.4. The molecule has 0 spiro atoms. The van der Waals surface area contributed by atoms with Gasteiger partial charge in [-0.15, -0.1) is 0 Å². The molecule has 0 aliphatic carbocycles. The number of hydrogen-bond donors (Lipinski definition) is 0. The van der Waals surface area contributed by atoms with Crippen LogP contribution in [0.15, 0.2) is 82.8 Å². The maximum absolute atomic E-state index is 5.02. The average Bonchev–Trinajstić information content (AvgIpc) is 2.97. The van der Waals surface area contributed by atoms with E-state index in [2.05, 4.69) is 74.5 Å². The van der Waals surface area contributed by atoms with Crippen LogP contribution in [-0.4, -0.2) is 11.4 Å². The van der Waals surface area contributed by atoms with Crippen LogP contribution in [0.25, 0.3) is 0 Å². The summed E-state index contributed by atoms with van der Waals surface area (Å²) in [6, 6.07) is 20.6. The molecule has 0 heterocycles. The minimum absolute atomic E-state index is 0. The maximum Gasteiger partial charge on any atom is 0.0848 e. The van der Waals surface area contributed by atoms with Crippen molar-refractivity contribution in [2.24, 2.45) is 9.98 Å². The van der Waals surface area contributed by atoms with Gasteiger partial charge in [-0.2, -0.15) is 0 Å². The molecule has 2 nitrogen and oxygen atoms in total. The van der Waals surface area contributed by atoms with Crippen LogP contribution in [0.5, 0.6) is 0 Å². The van der Waals surface area contributed by atoms with E-state index in [9.17, 15) is 0 Å². The second-order valence-electron chi connectivity index (χ2n) is 11.0. The SMILES string of the molecule is CCCCCCCCCCCCCCCCCC=CC(=Nc1ccccc1)C(CCCC)=Nc1ccccc1.[Ni]. The number of rotatable bonds is 23. The van der Waals surface area contributed by atoms with Gasteiger partial charge in [0.15, 0.2) is 0 Å². The van der Waals surface area contributed by atoms with Crippen molar-refractivity contribution in [2.75, 3.05) is 0 Å². The molecule has 0 bridgehead atoms. The molecule has 2 rings (SSSR count). The predicted octanol–water partition coefficient (Wildman–Crippen LogP) is 12.5. The summed E-state index contributed by atoms with van der Waals surface area (Å²) in [5.74, 6) is 0. The summed E-state index contributed by atoms with van der Waals surface area (Å²) < 4.78 is 0. The third-order valence-electron chi connectivity index (χ3n) is 7.34. The van der Waals surface area contributed by atoms with E-state index in [0.29, 0.717) is 0 Å². The Bertz CT molecular complexity index is 918. The van der Waals surface area contributed by atoms with E-state index in [-0.39, 0.29) is 16.5 Å². The molecule has 0 aromatic heterocycles. The summed E-state index contributed by atoms with van der Waals surface area (Å²) in [4.78, 5) is 10.0. The first kappa shape index (κ1) is 36.0. The summed E-state index contributed by atoms with van der Waals surface area (Å²) in [5.41, 5.74) is 4.07. The molecule has 0 saturated heterocycles. The van der Waals surface area contributed by atoms with Crippen LogP contribution < -0.4 is 0 Å². The van der Waals surface area contributed by atoms with Crippen LogP contribution in [0, 0.1) is 0 Å². The molecule has 0 unspecified atom stereocenters. The van der Waals surface area contributed by atoms with Crippen LogP contribution in [-0.2, 0) is 16.5 Å². The van der Waals surface area contributed by atoms with Crippen molar-refractivity contribution in [1.29, 1.82) is 0 Å². The fraction of sp³-hybridized carbons (Fsp3) is 0.568. The van der Waals surface area contributed by atoms with Crippen molar-refractivity contribution in [3.8, 4) is 0 Å². The molecule has 2 aromatic rings. The summed E-state index contributed by atoms with van der Waals surface area (Å²) >= 11 is 0. The topological polar surface area (TPSA) is 24.7 Å². The Morgan fingerprint density at radius 2 is 0.950 bits per heavy atom. The molecule has 224 valence electrons. The van der Waals surface area contributed by atoms with E-state index in [1.165, 1.54) is 96.3 Å². The Morgan fingerprint density at radius 3 is 1.43 bits per heavy atom. The van der Waals surface area contributed by atoms with Crippen molar-refractivity contribution < 1.29 is 16.5 Å². The first-order valence-corrected chi connectivity index (χ1v) is 16.3. The normalized spacial score (nSPS) is 12.2. The number of nitrogens with zero attached hydrogens (tertiary/aromatic N) is 2. The molecule has 0 atom stereocenters. The molecule has 0 aliphatic rings. The van der Waals surface area contributed by atoms with Gasteiger partial charge in [0.25, 0.3) is 0 Å². The van der Waals surface area contributed by atoms with Crippen molar-refractivity contribution in [1.82, 2.24) is 0 Å². The van der Waals surface area contributed by atoms with Gasteiger partial charge >= 0.3 is 0 Å². The van der Waals surface area contributed by atoms with Crippen molar-refractivity contribution in [3.05, 3.63) is 72.8 Å². The first-order chi connectivity index (χ1) is 19.3. The third-order valence-corrected chi connectivity index (χ3v) is 7.34. The number of unbranched alkanes of at least 4 members (excludes halogenated alkanes) is 16. The Hall–Kier alpha value is -1.99. The average molecular weight is 588 g/mol. The van der Waals surface area contributed by atoms with Crippen LogP contribution >= 0.6 is 0 Å². The van der Waals surface area contributed by atoms with Crippen molar-refractivity contribution in [3.63, 3.8) is 0 Å². The summed E-state index contributed by atoms with van der Waals surface area (Å²) in [6.07, 6.45) is 29.9. The van der Waals surface area contributed by atoms with E-state index in [1.54, 1.807) is 0 Å². The van der Waals surface area contributed by atoms with Gasteiger partial charge in [0.2, 0.25) is 0 Å². The zero-order valence-electron chi connectivity index (χ0n) is 25.6. The van der Waals surface area contributed by atoms with Crippen LogP contribution in [0.4, 0.5) is 11.4 Å². The summed E-state index contributed by atoms with van der Waals surface area (Å²) in [5, 5.41) is 0. The standard InChI is InChI=1S/C37H56N2.Ni/c1-3-5-7-8-9-10-11-12-13-14-15-16-17-18-19-20-27-33-37(39-35-30-25-22-26-31-35)36(32-6-4-2)38-34-28-23-21-24-29-34;/h21-31,33H,3-20,32H2,1-2H3;. The maximum atomic E-state index is 5.02. The first-order valence-electron chi connectivity index (χ1n) is 16.3.